The molecule has 0 radical (unpaired) electrons. The molecule has 2 amide bonds. The van der Waals surface area contributed by atoms with Crippen molar-refractivity contribution in [3.63, 3.8) is 0 Å². The molecule has 3 atom stereocenters. The first-order chi connectivity index (χ1) is 15.9. The Morgan fingerprint density at radius 2 is 2.06 bits per heavy atom. The number of amides is 2. The molecule has 4 rings (SSSR count). The summed E-state index contributed by atoms with van der Waals surface area (Å²) in [5.41, 5.74) is 6.36. The van der Waals surface area contributed by atoms with Crippen LogP contribution >= 0.6 is 0 Å². The van der Waals surface area contributed by atoms with E-state index in [2.05, 4.69) is 20.0 Å². The smallest absolute Gasteiger partial charge is 0.296 e. The lowest BCUT2D eigenvalue weighted by atomic mass is 9.90. The van der Waals surface area contributed by atoms with E-state index < -0.39 is 17.8 Å². The first kappa shape index (κ1) is 22.4. The average Bonchev–Trinajstić information content (AvgIpc) is 2.96. The summed E-state index contributed by atoms with van der Waals surface area (Å²) in [6, 6.07) is 6.88. The van der Waals surface area contributed by atoms with Gasteiger partial charge in [-0.1, -0.05) is 0 Å². The van der Waals surface area contributed by atoms with Gasteiger partial charge in [-0.2, -0.15) is 4.99 Å². The van der Waals surface area contributed by atoms with Crippen molar-refractivity contribution in [2.75, 3.05) is 25.1 Å². The fourth-order valence-corrected chi connectivity index (χ4v) is 4.69. The molecule has 0 saturated carbocycles. The number of carbonyl (C=O) groups is 4. The molecule has 33 heavy (non-hydrogen) atoms. The summed E-state index contributed by atoms with van der Waals surface area (Å²) in [5, 5.41) is 2.57. The molecule has 2 saturated heterocycles. The molecule has 0 aromatic heterocycles. The quantitative estimate of drug-likeness (QED) is 0.281. The highest BCUT2D eigenvalue weighted by atomic mass is 16.5. The van der Waals surface area contributed by atoms with Gasteiger partial charge in [0.25, 0.3) is 24.8 Å². The second-order valence-electron chi connectivity index (χ2n) is 7.92. The maximum absolute atomic E-state index is 13.1. The molecule has 0 aliphatic carbocycles. The molecule has 2 bridgehead atoms. The molecule has 3 heterocycles. The van der Waals surface area contributed by atoms with Gasteiger partial charge in [0.05, 0.1) is 12.3 Å². The maximum Gasteiger partial charge on any atom is 0.296 e. The molecule has 1 aromatic rings. The van der Waals surface area contributed by atoms with Crippen LogP contribution in [0.15, 0.2) is 34.3 Å². The van der Waals surface area contributed by atoms with Crippen molar-refractivity contribution in [1.82, 2.24) is 10.2 Å². The predicted molar refractivity (Wildman–Crippen MR) is 116 cm³/mol. The van der Waals surface area contributed by atoms with E-state index >= 15 is 0 Å². The molecule has 3 N–H and O–H groups in total. The zero-order valence-electron chi connectivity index (χ0n) is 18.0. The normalized spacial score (nSPS) is 24.8. The van der Waals surface area contributed by atoms with Gasteiger partial charge in [-0.25, -0.2) is 4.99 Å². The van der Waals surface area contributed by atoms with Crippen LogP contribution in [0, 0.1) is 0 Å². The topological polar surface area (TPSA) is 156 Å². The van der Waals surface area contributed by atoms with Crippen LogP contribution in [-0.2, 0) is 23.9 Å². The maximum atomic E-state index is 13.1. The van der Waals surface area contributed by atoms with Crippen molar-refractivity contribution in [2.24, 2.45) is 15.7 Å². The number of guanidine groups is 1. The minimum Gasteiger partial charge on any atom is -0.468 e. The van der Waals surface area contributed by atoms with Gasteiger partial charge < -0.3 is 25.4 Å². The SMILES string of the molecule is CN1C2CCC3=NC(N)=NC(=O)C31N(c1ccc(C(=O)NC(CCOC=O)OC=O)cc1)C2. The van der Waals surface area contributed by atoms with Gasteiger partial charge >= 0.3 is 0 Å². The second kappa shape index (κ2) is 8.98. The third kappa shape index (κ3) is 3.82. The first-order valence-electron chi connectivity index (χ1n) is 10.4. The molecule has 3 unspecified atom stereocenters. The molecule has 12 nitrogen and oxygen atoms in total. The zero-order chi connectivity index (χ0) is 23.6. The number of aliphatic imine (C=N–C) groups is 2. The van der Waals surface area contributed by atoms with Crippen LogP contribution in [0.25, 0.3) is 0 Å². The Labute approximate surface area is 189 Å². The van der Waals surface area contributed by atoms with Crippen molar-refractivity contribution in [3.8, 4) is 0 Å². The number of hydrogen-bond donors (Lipinski definition) is 2. The highest BCUT2D eigenvalue weighted by Gasteiger charge is 2.62. The van der Waals surface area contributed by atoms with Gasteiger partial charge in [-0.05, 0) is 44.2 Å². The molecule has 3 aliphatic rings. The van der Waals surface area contributed by atoms with E-state index in [1.54, 1.807) is 24.3 Å². The van der Waals surface area contributed by atoms with Crippen molar-refractivity contribution < 1.29 is 28.7 Å². The number of nitrogens with zero attached hydrogens (tertiary/aromatic N) is 4. The van der Waals surface area contributed by atoms with Crippen LogP contribution in [-0.4, -0.2) is 79.5 Å². The lowest BCUT2D eigenvalue weighted by Crippen LogP contribution is -2.67. The van der Waals surface area contributed by atoms with Crippen LogP contribution in [0.5, 0.6) is 0 Å². The number of nitrogens with two attached hydrogens (primary N) is 1. The largest absolute Gasteiger partial charge is 0.468 e. The third-order valence-corrected chi connectivity index (χ3v) is 6.24. The monoisotopic (exact) mass is 456 g/mol. The number of ether oxygens (including phenoxy) is 2. The van der Waals surface area contributed by atoms with Gasteiger partial charge in [0, 0.05) is 30.3 Å². The molecule has 1 spiro atoms. The zero-order valence-corrected chi connectivity index (χ0v) is 18.0. The van der Waals surface area contributed by atoms with E-state index in [0.717, 1.165) is 12.1 Å². The average molecular weight is 456 g/mol. The molecule has 174 valence electrons. The van der Waals surface area contributed by atoms with Crippen LogP contribution in [0.4, 0.5) is 5.69 Å². The van der Waals surface area contributed by atoms with E-state index in [0.29, 0.717) is 24.2 Å². The summed E-state index contributed by atoms with van der Waals surface area (Å²) < 4.78 is 9.41. The van der Waals surface area contributed by atoms with Gasteiger partial charge in [-0.3, -0.25) is 24.1 Å². The van der Waals surface area contributed by atoms with Crippen molar-refractivity contribution in [1.29, 1.82) is 0 Å². The summed E-state index contributed by atoms with van der Waals surface area (Å²) in [6.45, 7) is 1.08. The Bertz CT molecular complexity index is 1020. The van der Waals surface area contributed by atoms with E-state index in [9.17, 15) is 19.2 Å². The third-order valence-electron chi connectivity index (χ3n) is 6.24. The van der Waals surface area contributed by atoms with E-state index in [1.165, 1.54) is 0 Å². The van der Waals surface area contributed by atoms with E-state index in [-0.39, 0.29) is 43.9 Å². The fourth-order valence-electron chi connectivity index (χ4n) is 4.69. The van der Waals surface area contributed by atoms with Crippen molar-refractivity contribution >= 4 is 42.1 Å². The number of benzene rings is 1. The Morgan fingerprint density at radius 1 is 1.30 bits per heavy atom. The Hall–Kier alpha value is -3.80. The van der Waals surface area contributed by atoms with Crippen molar-refractivity contribution in [3.05, 3.63) is 29.8 Å². The van der Waals surface area contributed by atoms with Crippen LogP contribution in [0.2, 0.25) is 0 Å². The highest BCUT2D eigenvalue weighted by molar-refractivity contribution is 6.24. The summed E-state index contributed by atoms with van der Waals surface area (Å²) in [5.74, 6) is -0.872. The molecular weight excluding hydrogens is 432 g/mol. The number of piperidine rings is 1. The molecule has 1 aromatic carbocycles. The summed E-state index contributed by atoms with van der Waals surface area (Å²) in [6.07, 6.45) is 0.668. The number of carbonyl (C=O) groups excluding carboxylic acids is 4. The Morgan fingerprint density at radius 3 is 2.76 bits per heavy atom. The number of rotatable bonds is 9. The van der Waals surface area contributed by atoms with Gasteiger partial charge in [-0.15, -0.1) is 0 Å². The Kier molecular flexibility index (Phi) is 6.09. The predicted octanol–water partition coefficient (Wildman–Crippen LogP) is -0.615. The molecule has 2 fully saturated rings. The lowest BCUT2D eigenvalue weighted by Gasteiger charge is -2.45. The summed E-state index contributed by atoms with van der Waals surface area (Å²) in [4.78, 5) is 58.9. The minimum atomic E-state index is -1.11. The minimum absolute atomic E-state index is 0.0160. The summed E-state index contributed by atoms with van der Waals surface area (Å²) in [7, 11) is 1.89. The number of hydrogen-bond acceptors (Lipinski definition) is 10. The van der Waals surface area contributed by atoms with Crippen LogP contribution in [0.3, 0.4) is 0 Å². The summed E-state index contributed by atoms with van der Waals surface area (Å²) >= 11 is 0. The van der Waals surface area contributed by atoms with E-state index in [4.69, 9.17) is 10.5 Å². The lowest BCUT2D eigenvalue weighted by molar-refractivity contribution is -0.136. The van der Waals surface area contributed by atoms with Gasteiger partial charge in [0.2, 0.25) is 11.6 Å². The van der Waals surface area contributed by atoms with Gasteiger partial charge in [0.15, 0.2) is 6.23 Å². The standard InChI is InChI=1S/C21H24N6O6/c1-26-15-6-7-16-21(26,19(31)25-20(22)23-16)27(10-15)14-4-2-13(3-5-14)18(30)24-17(33-12-29)8-9-32-11-28/h2-5,11-12,15,17H,6-10H2,1H3,(H,24,30)(H2,22,25,31). The first-order valence-corrected chi connectivity index (χ1v) is 10.4. The van der Waals surface area contributed by atoms with Crippen LogP contribution in [0.1, 0.15) is 29.6 Å². The van der Waals surface area contributed by atoms with Gasteiger partial charge in [0.1, 0.15) is 0 Å². The molecule has 12 heteroatoms. The van der Waals surface area contributed by atoms with Crippen molar-refractivity contribution in [2.45, 2.75) is 37.2 Å². The highest BCUT2D eigenvalue weighted by Crippen LogP contribution is 2.43. The number of anilines is 1. The number of nitrogens with one attached hydrogen (secondary N) is 1. The number of likely N-dealkylation sites (N-methyl/N-ethyl adjacent to an activating group) is 1. The molecular formula is C21H24N6O6. The number of fused-ring (bicyclic) bond motifs is 1. The second-order valence-corrected chi connectivity index (χ2v) is 7.92. The van der Waals surface area contributed by atoms with E-state index in [1.807, 2.05) is 16.8 Å². The van der Waals surface area contributed by atoms with Crippen LogP contribution < -0.4 is 16.0 Å². The Balaban J connectivity index is 1.54. The fraction of sp³-hybridized carbons (Fsp3) is 0.429. The molecule has 3 aliphatic heterocycles.